The standard InChI is InChI=1S/C24H22N4O/c1-24(2)13-19-21(20(29)14-24)23(22(28-19)15-7-10-25-11-8-15)27-18-9-12-26-17-6-4-3-5-16(17)18/h3-12,28H,13-14H2,1-2H3,(H,26,27). The van der Waals surface area contributed by atoms with Crippen LogP contribution in [0.4, 0.5) is 11.4 Å². The van der Waals surface area contributed by atoms with Crippen molar-refractivity contribution >= 4 is 28.1 Å². The number of rotatable bonds is 3. The van der Waals surface area contributed by atoms with Crippen molar-refractivity contribution in [1.82, 2.24) is 15.0 Å². The van der Waals surface area contributed by atoms with E-state index in [-0.39, 0.29) is 11.2 Å². The quantitative estimate of drug-likeness (QED) is 0.489. The minimum absolute atomic E-state index is 0.0505. The van der Waals surface area contributed by atoms with Crippen LogP contribution in [0.1, 0.15) is 36.3 Å². The first-order valence-corrected chi connectivity index (χ1v) is 9.81. The number of para-hydroxylation sites is 1. The van der Waals surface area contributed by atoms with Crippen molar-refractivity contribution in [2.45, 2.75) is 26.7 Å². The summed E-state index contributed by atoms with van der Waals surface area (Å²) in [6.07, 6.45) is 6.71. The zero-order valence-electron chi connectivity index (χ0n) is 16.5. The van der Waals surface area contributed by atoms with Crippen molar-refractivity contribution in [3.05, 3.63) is 72.3 Å². The summed E-state index contributed by atoms with van der Waals surface area (Å²) in [5.41, 5.74) is 6.33. The molecule has 4 aromatic rings. The molecule has 0 fully saturated rings. The van der Waals surface area contributed by atoms with Crippen LogP contribution in [0.25, 0.3) is 22.2 Å². The van der Waals surface area contributed by atoms with Gasteiger partial charge in [-0.25, -0.2) is 0 Å². The fraction of sp³-hybridized carbons (Fsp3) is 0.208. The van der Waals surface area contributed by atoms with Crippen LogP contribution < -0.4 is 5.32 Å². The number of aromatic amines is 1. The van der Waals surface area contributed by atoms with E-state index in [9.17, 15) is 4.79 Å². The van der Waals surface area contributed by atoms with Gasteiger partial charge < -0.3 is 10.3 Å². The number of aromatic nitrogens is 3. The molecule has 0 spiro atoms. The van der Waals surface area contributed by atoms with Gasteiger partial charge in [0, 0.05) is 47.3 Å². The summed E-state index contributed by atoms with van der Waals surface area (Å²) in [5.74, 6) is 0.175. The monoisotopic (exact) mass is 382 g/mol. The van der Waals surface area contributed by atoms with E-state index < -0.39 is 0 Å². The van der Waals surface area contributed by atoms with Gasteiger partial charge in [-0.2, -0.15) is 0 Å². The number of hydrogen-bond acceptors (Lipinski definition) is 4. The van der Waals surface area contributed by atoms with E-state index in [0.29, 0.717) is 6.42 Å². The summed E-state index contributed by atoms with van der Waals surface area (Å²) in [7, 11) is 0. The highest BCUT2D eigenvalue weighted by Gasteiger charge is 2.35. The molecule has 0 amide bonds. The average molecular weight is 382 g/mol. The maximum Gasteiger partial charge on any atom is 0.167 e. The maximum absolute atomic E-state index is 13.1. The van der Waals surface area contributed by atoms with Gasteiger partial charge in [0.2, 0.25) is 0 Å². The second kappa shape index (κ2) is 6.55. The van der Waals surface area contributed by atoms with Gasteiger partial charge in [-0.15, -0.1) is 0 Å². The van der Waals surface area contributed by atoms with Crippen molar-refractivity contribution in [2.75, 3.05) is 5.32 Å². The van der Waals surface area contributed by atoms with Crippen LogP contribution >= 0.6 is 0 Å². The minimum atomic E-state index is -0.0505. The molecule has 5 nitrogen and oxygen atoms in total. The Morgan fingerprint density at radius 2 is 1.79 bits per heavy atom. The Morgan fingerprint density at radius 1 is 1.00 bits per heavy atom. The average Bonchev–Trinajstić information content (AvgIpc) is 3.06. The van der Waals surface area contributed by atoms with Gasteiger partial charge in [-0.3, -0.25) is 14.8 Å². The van der Waals surface area contributed by atoms with Crippen LogP contribution in [0.15, 0.2) is 61.1 Å². The van der Waals surface area contributed by atoms with Gasteiger partial charge in [-0.1, -0.05) is 32.0 Å². The second-order valence-corrected chi connectivity index (χ2v) is 8.41. The summed E-state index contributed by atoms with van der Waals surface area (Å²) < 4.78 is 0. The molecule has 1 aromatic carbocycles. The van der Waals surface area contributed by atoms with Gasteiger partial charge in [0.05, 0.1) is 22.5 Å². The number of fused-ring (bicyclic) bond motifs is 2. The maximum atomic E-state index is 13.1. The van der Waals surface area contributed by atoms with E-state index in [1.165, 1.54) is 0 Å². The molecule has 1 aliphatic rings. The predicted octanol–water partition coefficient (Wildman–Crippen LogP) is 5.52. The third kappa shape index (κ3) is 3.09. The summed E-state index contributed by atoms with van der Waals surface area (Å²) in [6.45, 7) is 4.29. The van der Waals surface area contributed by atoms with E-state index in [4.69, 9.17) is 0 Å². The molecular weight excluding hydrogens is 360 g/mol. The molecule has 0 atom stereocenters. The number of nitrogens with one attached hydrogen (secondary N) is 2. The van der Waals surface area contributed by atoms with Crippen LogP contribution in [-0.4, -0.2) is 20.7 Å². The molecule has 0 radical (unpaired) electrons. The summed E-state index contributed by atoms with van der Waals surface area (Å²) in [4.78, 5) is 25.3. The Hall–Kier alpha value is -3.47. The number of nitrogens with zero attached hydrogens (tertiary/aromatic N) is 2. The molecule has 0 saturated heterocycles. The topological polar surface area (TPSA) is 70.7 Å². The molecule has 144 valence electrons. The number of carbonyl (C=O) groups excluding carboxylic acids is 1. The third-order valence-electron chi connectivity index (χ3n) is 5.53. The normalized spacial score (nSPS) is 15.3. The molecule has 29 heavy (non-hydrogen) atoms. The zero-order valence-corrected chi connectivity index (χ0v) is 16.5. The number of benzene rings is 1. The molecule has 5 rings (SSSR count). The molecule has 0 saturated carbocycles. The van der Waals surface area contributed by atoms with E-state index in [1.807, 2.05) is 42.5 Å². The highest BCUT2D eigenvalue weighted by molar-refractivity contribution is 6.08. The third-order valence-corrected chi connectivity index (χ3v) is 5.53. The van der Waals surface area contributed by atoms with Gasteiger partial charge >= 0.3 is 0 Å². The highest BCUT2D eigenvalue weighted by atomic mass is 16.1. The predicted molar refractivity (Wildman–Crippen MR) is 115 cm³/mol. The molecule has 5 heteroatoms. The molecule has 2 N–H and O–H groups in total. The lowest BCUT2D eigenvalue weighted by Crippen LogP contribution is -2.26. The lowest BCUT2D eigenvalue weighted by molar-refractivity contribution is 0.0912. The van der Waals surface area contributed by atoms with Crippen LogP contribution in [0.3, 0.4) is 0 Å². The van der Waals surface area contributed by atoms with Gasteiger partial charge in [0.25, 0.3) is 0 Å². The summed E-state index contributed by atoms with van der Waals surface area (Å²) in [5, 5.41) is 4.59. The van der Waals surface area contributed by atoms with Crippen molar-refractivity contribution in [2.24, 2.45) is 5.41 Å². The number of H-pyrrole nitrogens is 1. The Morgan fingerprint density at radius 3 is 2.62 bits per heavy atom. The lowest BCUT2D eigenvalue weighted by Gasteiger charge is -2.28. The molecule has 3 heterocycles. The van der Waals surface area contributed by atoms with Gasteiger partial charge in [0.15, 0.2) is 5.78 Å². The molecule has 3 aromatic heterocycles. The molecule has 1 aliphatic carbocycles. The molecule has 0 unspecified atom stereocenters. The number of hydrogen-bond donors (Lipinski definition) is 2. The van der Waals surface area contributed by atoms with Crippen molar-refractivity contribution in [1.29, 1.82) is 0 Å². The number of Topliss-reactive ketones (excluding diaryl/α,β-unsaturated/α-hetero) is 1. The van der Waals surface area contributed by atoms with Crippen LogP contribution in [0.5, 0.6) is 0 Å². The molecule has 0 bridgehead atoms. The molecule has 0 aliphatic heterocycles. The summed E-state index contributed by atoms with van der Waals surface area (Å²) in [6, 6.07) is 13.9. The second-order valence-electron chi connectivity index (χ2n) is 8.41. The molecular formula is C24H22N4O. The number of pyridine rings is 2. The Bertz CT molecular complexity index is 1220. The van der Waals surface area contributed by atoms with Crippen LogP contribution in [0, 0.1) is 5.41 Å². The number of ketones is 1. The van der Waals surface area contributed by atoms with Crippen molar-refractivity contribution < 1.29 is 4.79 Å². The summed E-state index contributed by atoms with van der Waals surface area (Å²) >= 11 is 0. The van der Waals surface area contributed by atoms with E-state index in [2.05, 4.69) is 34.1 Å². The van der Waals surface area contributed by atoms with Gasteiger partial charge in [-0.05, 0) is 36.1 Å². The van der Waals surface area contributed by atoms with E-state index in [0.717, 1.165) is 51.2 Å². The fourth-order valence-corrected chi connectivity index (χ4v) is 4.26. The SMILES string of the molecule is CC1(C)CC(=O)c2c([nH]c(-c3ccncc3)c2Nc2ccnc3ccccc23)C1. The first-order valence-electron chi connectivity index (χ1n) is 9.81. The Labute approximate surface area is 169 Å². The minimum Gasteiger partial charge on any atom is -0.356 e. The fourth-order valence-electron chi connectivity index (χ4n) is 4.26. The number of anilines is 2. The lowest BCUT2D eigenvalue weighted by atomic mass is 9.76. The van der Waals surface area contributed by atoms with Gasteiger partial charge in [0.1, 0.15) is 0 Å². The van der Waals surface area contributed by atoms with Crippen molar-refractivity contribution in [3.63, 3.8) is 0 Å². The highest BCUT2D eigenvalue weighted by Crippen LogP contribution is 2.43. The first kappa shape index (κ1) is 17.6. The Balaban J connectivity index is 1.71. The van der Waals surface area contributed by atoms with Crippen LogP contribution in [-0.2, 0) is 6.42 Å². The van der Waals surface area contributed by atoms with Crippen LogP contribution in [0.2, 0.25) is 0 Å². The number of carbonyl (C=O) groups is 1. The first-order chi connectivity index (χ1) is 14.0. The Kier molecular flexibility index (Phi) is 3.98. The van der Waals surface area contributed by atoms with E-state index in [1.54, 1.807) is 18.6 Å². The van der Waals surface area contributed by atoms with E-state index >= 15 is 0 Å². The van der Waals surface area contributed by atoms with Crippen molar-refractivity contribution in [3.8, 4) is 11.3 Å². The smallest absolute Gasteiger partial charge is 0.167 e. The zero-order chi connectivity index (χ0) is 20.0. The largest absolute Gasteiger partial charge is 0.356 e.